The van der Waals surface area contributed by atoms with Crippen molar-refractivity contribution < 1.29 is 15.0 Å². The van der Waals surface area contributed by atoms with Gasteiger partial charge in [-0.05, 0) is 11.5 Å². The number of hydrogen-bond donors (Lipinski definition) is 3. The minimum atomic E-state index is -0.653. The van der Waals surface area contributed by atoms with Crippen molar-refractivity contribution in [2.24, 2.45) is 5.92 Å². The molecule has 0 aliphatic carbocycles. The largest absolute Gasteiger partial charge is 0.394 e. The second kappa shape index (κ2) is 7.13. The lowest BCUT2D eigenvalue weighted by Gasteiger charge is -2.19. The van der Waals surface area contributed by atoms with Crippen LogP contribution in [0.2, 0.25) is 0 Å². The number of benzene rings is 1. The molecular weight excluding hydrogens is 230 g/mol. The molecule has 1 amide bonds. The van der Waals surface area contributed by atoms with Gasteiger partial charge in [0.15, 0.2) is 0 Å². The molecule has 4 nitrogen and oxygen atoms in total. The maximum atomic E-state index is 11.7. The molecule has 1 aromatic rings. The highest BCUT2D eigenvalue weighted by molar-refractivity contribution is 5.77. The summed E-state index contributed by atoms with van der Waals surface area (Å²) >= 11 is 0. The van der Waals surface area contributed by atoms with E-state index in [1.165, 1.54) is 0 Å². The van der Waals surface area contributed by atoms with Gasteiger partial charge in [0.25, 0.3) is 0 Å². The standard InChI is InChI=1S/C14H21NO3/c1-10(2)13(17)8-14(18)15-12(9-16)11-6-4-3-5-7-11/h3-7,10,12-13,16-17H,8-9H2,1-2H3,(H,15,18). The van der Waals surface area contributed by atoms with Crippen LogP contribution in [-0.2, 0) is 4.79 Å². The summed E-state index contributed by atoms with van der Waals surface area (Å²) in [5.41, 5.74) is 0.854. The van der Waals surface area contributed by atoms with E-state index in [1.807, 2.05) is 44.2 Å². The van der Waals surface area contributed by atoms with Crippen LogP contribution in [0.1, 0.15) is 31.9 Å². The van der Waals surface area contributed by atoms with E-state index in [0.717, 1.165) is 5.56 Å². The molecule has 0 saturated carbocycles. The molecule has 2 atom stereocenters. The summed E-state index contributed by atoms with van der Waals surface area (Å²) in [4.78, 5) is 11.7. The van der Waals surface area contributed by atoms with Crippen molar-refractivity contribution in [3.8, 4) is 0 Å². The van der Waals surface area contributed by atoms with Gasteiger partial charge in [-0.2, -0.15) is 0 Å². The predicted octanol–water partition coefficient (Wildman–Crippen LogP) is 1.24. The zero-order chi connectivity index (χ0) is 13.5. The van der Waals surface area contributed by atoms with Gasteiger partial charge in [0.1, 0.15) is 0 Å². The summed E-state index contributed by atoms with van der Waals surface area (Å²) in [6, 6.07) is 8.86. The molecule has 0 aliphatic heterocycles. The van der Waals surface area contributed by atoms with E-state index < -0.39 is 12.1 Å². The number of hydrogen-bond acceptors (Lipinski definition) is 3. The molecular formula is C14H21NO3. The Labute approximate surface area is 108 Å². The van der Waals surface area contributed by atoms with Crippen LogP contribution in [0.25, 0.3) is 0 Å². The van der Waals surface area contributed by atoms with Gasteiger partial charge in [-0.3, -0.25) is 4.79 Å². The van der Waals surface area contributed by atoms with Gasteiger partial charge in [-0.25, -0.2) is 0 Å². The number of rotatable bonds is 6. The minimum Gasteiger partial charge on any atom is -0.394 e. The molecule has 1 aromatic carbocycles. The van der Waals surface area contributed by atoms with E-state index in [1.54, 1.807) is 0 Å². The summed E-state index contributed by atoms with van der Waals surface area (Å²) < 4.78 is 0. The van der Waals surface area contributed by atoms with Crippen molar-refractivity contribution in [1.29, 1.82) is 0 Å². The smallest absolute Gasteiger partial charge is 0.223 e. The van der Waals surface area contributed by atoms with E-state index in [0.29, 0.717) is 0 Å². The van der Waals surface area contributed by atoms with Gasteiger partial charge >= 0.3 is 0 Å². The predicted molar refractivity (Wildman–Crippen MR) is 69.9 cm³/mol. The summed E-state index contributed by atoms with van der Waals surface area (Å²) in [6.07, 6.45) is -0.596. The number of carbonyl (C=O) groups is 1. The SMILES string of the molecule is CC(C)C(O)CC(=O)NC(CO)c1ccccc1. The Kier molecular flexibility index (Phi) is 5.82. The lowest BCUT2D eigenvalue weighted by atomic mass is 10.0. The van der Waals surface area contributed by atoms with Gasteiger partial charge in [0.05, 0.1) is 25.2 Å². The fourth-order valence-corrected chi connectivity index (χ4v) is 1.60. The van der Waals surface area contributed by atoms with Crippen LogP contribution in [0, 0.1) is 5.92 Å². The summed E-state index contributed by atoms with van der Waals surface area (Å²) in [6.45, 7) is 3.56. The molecule has 3 N–H and O–H groups in total. The zero-order valence-corrected chi connectivity index (χ0v) is 10.8. The lowest BCUT2D eigenvalue weighted by Crippen LogP contribution is -2.34. The lowest BCUT2D eigenvalue weighted by molar-refractivity contribution is -0.124. The van der Waals surface area contributed by atoms with E-state index >= 15 is 0 Å². The van der Waals surface area contributed by atoms with Gasteiger partial charge in [-0.15, -0.1) is 0 Å². The minimum absolute atomic E-state index is 0.0417. The van der Waals surface area contributed by atoms with Crippen LogP contribution in [0.15, 0.2) is 30.3 Å². The molecule has 0 spiro atoms. The van der Waals surface area contributed by atoms with Crippen molar-refractivity contribution in [1.82, 2.24) is 5.32 Å². The highest BCUT2D eigenvalue weighted by Crippen LogP contribution is 2.13. The fraction of sp³-hybridized carbons (Fsp3) is 0.500. The van der Waals surface area contributed by atoms with Crippen molar-refractivity contribution in [2.75, 3.05) is 6.61 Å². The first-order valence-corrected chi connectivity index (χ1v) is 6.17. The molecule has 0 aliphatic rings. The Morgan fingerprint density at radius 2 is 1.89 bits per heavy atom. The Morgan fingerprint density at radius 1 is 1.28 bits per heavy atom. The molecule has 4 heteroatoms. The molecule has 100 valence electrons. The van der Waals surface area contributed by atoms with E-state index in [4.69, 9.17) is 0 Å². The normalized spacial score (nSPS) is 14.3. The van der Waals surface area contributed by atoms with Crippen LogP contribution < -0.4 is 5.32 Å². The number of nitrogens with one attached hydrogen (secondary N) is 1. The number of aliphatic hydroxyl groups is 2. The van der Waals surface area contributed by atoms with Crippen LogP contribution >= 0.6 is 0 Å². The molecule has 0 radical (unpaired) electrons. The van der Waals surface area contributed by atoms with Crippen molar-refractivity contribution >= 4 is 5.91 Å². The van der Waals surface area contributed by atoms with Crippen molar-refractivity contribution in [3.05, 3.63) is 35.9 Å². The highest BCUT2D eigenvalue weighted by atomic mass is 16.3. The third-order valence-corrected chi connectivity index (χ3v) is 2.88. The molecule has 0 fully saturated rings. The molecule has 18 heavy (non-hydrogen) atoms. The van der Waals surface area contributed by atoms with Crippen LogP contribution in [0.5, 0.6) is 0 Å². The highest BCUT2D eigenvalue weighted by Gasteiger charge is 2.18. The first-order chi connectivity index (χ1) is 8.54. The number of carbonyl (C=O) groups excluding carboxylic acids is 1. The van der Waals surface area contributed by atoms with Crippen molar-refractivity contribution in [2.45, 2.75) is 32.4 Å². The van der Waals surface area contributed by atoms with Gasteiger partial charge < -0.3 is 15.5 Å². The van der Waals surface area contributed by atoms with Crippen LogP contribution in [0.3, 0.4) is 0 Å². The Hall–Kier alpha value is -1.39. The fourth-order valence-electron chi connectivity index (χ4n) is 1.60. The first-order valence-electron chi connectivity index (χ1n) is 6.17. The third-order valence-electron chi connectivity index (χ3n) is 2.88. The Balaban J connectivity index is 2.56. The van der Waals surface area contributed by atoms with Crippen LogP contribution in [0.4, 0.5) is 0 Å². The Bertz CT molecular complexity index is 365. The Morgan fingerprint density at radius 3 is 2.39 bits per heavy atom. The van der Waals surface area contributed by atoms with Gasteiger partial charge in [0.2, 0.25) is 5.91 Å². The zero-order valence-electron chi connectivity index (χ0n) is 10.8. The summed E-state index contributed by atoms with van der Waals surface area (Å²) in [5.74, 6) is -0.209. The summed E-state index contributed by atoms with van der Waals surface area (Å²) in [5, 5.41) is 21.6. The van der Waals surface area contributed by atoms with Gasteiger partial charge in [0, 0.05) is 0 Å². The third kappa shape index (κ3) is 4.47. The van der Waals surface area contributed by atoms with E-state index in [9.17, 15) is 15.0 Å². The summed E-state index contributed by atoms with van der Waals surface area (Å²) in [7, 11) is 0. The van der Waals surface area contributed by atoms with Crippen LogP contribution in [-0.4, -0.2) is 28.8 Å². The maximum Gasteiger partial charge on any atom is 0.223 e. The molecule has 0 bridgehead atoms. The topological polar surface area (TPSA) is 69.6 Å². The molecule has 0 heterocycles. The second-order valence-corrected chi connectivity index (χ2v) is 4.73. The second-order valence-electron chi connectivity index (χ2n) is 4.73. The molecule has 1 rings (SSSR count). The maximum absolute atomic E-state index is 11.7. The number of aliphatic hydroxyl groups excluding tert-OH is 2. The monoisotopic (exact) mass is 251 g/mol. The average molecular weight is 251 g/mol. The molecule has 0 saturated heterocycles. The average Bonchev–Trinajstić information content (AvgIpc) is 2.36. The van der Waals surface area contributed by atoms with E-state index in [2.05, 4.69) is 5.32 Å². The number of amides is 1. The quantitative estimate of drug-likeness (QED) is 0.712. The van der Waals surface area contributed by atoms with Gasteiger partial charge in [-0.1, -0.05) is 44.2 Å². The molecule has 0 aromatic heterocycles. The van der Waals surface area contributed by atoms with E-state index in [-0.39, 0.29) is 24.9 Å². The van der Waals surface area contributed by atoms with Crippen molar-refractivity contribution in [3.63, 3.8) is 0 Å². The molecule has 2 unspecified atom stereocenters. The first kappa shape index (κ1) is 14.7.